The fourth-order valence-electron chi connectivity index (χ4n) is 3.94. The van der Waals surface area contributed by atoms with Gasteiger partial charge in [-0.05, 0) is 42.3 Å². The number of benzene rings is 2. The lowest BCUT2D eigenvalue weighted by molar-refractivity contribution is -0.161. The molecule has 9 heteroatoms. The van der Waals surface area contributed by atoms with Gasteiger partial charge in [0.05, 0.1) is 43.9 Å². The molecule has 0 saturated carbocycles. The molecule has 1 aliphatic rings. The van der Waals surface area contributed by atoms with Crippen molar-refractivity contribution in [3.8, 4) is 5.75 Å². The van der Waals surface area contributed by atoms with Crippen LogP contribution in [0.3, 0.4) is 0 Å². The maximum absolute atomic E-state index is 12.6. The monoisotopic (exact) mass is 481 g/mol. The molecule has 2 aromatic carbocycles. The molecular weight excluding hydrogens is 454 g/mol. The number of anilines is 1. The second kappa shape index (κ2) is 10.8. The first-order valence-corrected chi connectivity index (χ1v) is 11.8. The van der Waals surface area contributed by atoms with Gasteiger partial charge in [0.15, 0.2) is 0 Å². The van der Waals surface area contributed by atoms with Crippen molar-refractivity contribution in [2.24, 2.45) is 0 Å². The van der Waals surface area contributed by atoms with Crippen molar-refractivity contribution >= 4 is 28.8 Å². The Morgan fingerprint density at radius 3 is 2.59 bits per heavy atom. The first-order valence-electron chi connectivity index (χ1n) is 10.9. The number of rotatable bonds is 8. The molecule has 0 radical (unpaired) electrons. The molecule has 0 bridgehead atoms. The molecule has 1 aliphatic heterocycles. The summed E-state index contributed by atoms with van der Waals surface area (Å²) in [6.45, 7) is 2.01. The highest BCUT2D eigenvalue weighted by Crippen LogP contribution is 2.31. The number of amides is 2. The summed E-state index contributed by atoms with van der Waals surface area (Å²) in [5, 5.41) is 13.0. The number of carbonyl (C=O) groups excluding carboxylic acids is 2. The molecule has 0 aliphatic carbocycles. The zero-order chi connectivity index (χ0) is 24.1. The quantitative estimate of drug-likeness (QED) is 0.513. The molecule has 2 amide bonds. The molecule has 2 N–H and O–H groups in total. The molecule has 2 atom stereocenters. The van der Waals surface area contributed by atoms with Crippen LogP contribution in [0.4, 0.5) is 5.69 Å². The zero-order valence-corrected chi connectivity index (χ0v) is 19.9. The van der Waals surface area contributed by atoms with Gasteiger partial charge in [-0.3, -0.25) is 9.59 Å². The SMILES string of the molecule is COc1ccc(CC(=O)Nc2ccc([C@H]3OCC(=O)N(Cc4scnc4C)[C@@H]3CO)cc2)cc1. The summed E-state index contributed by atoms with van der Waals surface area (Å²) in [5.41, 5.74) is 5.00. The smallest absolute Gasteiger partial charge is 0.249 e. The van der Waals surface area contributed by atoms with Crippen LogP contribution in [0.5, 0.6) is 5.75 Å². The standard InChI is InChI=1S/C25H27N3O5S/c1-16-22(34-15-26-16)12-28-21(13-29)25(33-14-24(28)31)18-5-7-19(8-6-18)27-23(30)11-17-3-9-20(32-2)10-4-17/h3-10,15,21,25,29H,11-14H2,1-2H3,(H,27,30)/t21-,25-/m1/s1. The second-order valence-electron chi connectivity index (χ2n) is 8.06. The lowest BCUT2D eigenvalue weighted by Crippen LogP contribution is -2.52. The molecule has 178 valence electrons. The van der Waals surface area contributed by atoms with Gasteiger partial charge in [0.25, 0.3) is 0 Å². The van der Waals surface area contributed by atoms with Crippen LogP contribution in [0.25, 0.3) is 0 Å². The predicted molar refractivity (Wildman–Crippen MR) is 129 cm³/mol. The molecule has 0 spiro atoms. The molecular formula is C25H27N3O5S. The Balaban J connectivity index is 1.41. The van der Waals surface area contributed by atoms with Gasteiger partial charge in [-0.1, -0.05) is 24.3 Å². The molecule has 8 nitrogen and oxygen atoms in total. The van der Waals surface area contributed by atoms with Crippen molar-refractivity contribution in [2.75, 3.05) is 25.6 Å². The molecule has 1 aromatic heterocycles. The normalized spacial score (nSPS) is 18.1. The van der Waals surface area contributed by atoms with E-state index in [9.17, 15) is 14.7 Å². The van der Waals surface area contributed by atoms with Crippen molar-refractivity contribution in [1.29, 1.82) is 0 Å². The van der Waals surface area contributed by atoms with Crippen molar-refractivity contribution in [3.05, 3.63) is 75.7 Å². The van der Waals surface area contributed by atoms with Gasteiger partial charge in [0.1, 0.15) is 18.5 Å². The van der Waals surface area contributed by atoms with Gasteiger partial charge in [0.2, 0.25) is 11.8 Å². The summed E-state index contributed by atoms with van der Waals surface area (Å²) < 4.78 is 11.0. The number of aryl methyl sites for hydroxylation is 1. The number of aromatic nitrogens is 1. The predicted octanol–water partition coefficient (Wildman–Crippen LogP) is 3.10. The van der Waals surface area contributed by atoms with Crippen LogP contribution in [0.1, 0.15) is 27.8 Å². The Morgan fingerprint density at radius 1 is 1.24 bits per heavy atom. The third-order valence-electron chi connectivity index (χ3n) is 5.85. The number of carbonyl (C=O) groups is 2. The first-order chi connectivity index (χ1) is 16.5. The van der Waals surface area contributed by atoms with Gasteiger partial charge < -0.3 is 24.8 Å². The third kappa shape index (κ3) is 5.44. The highest BCUT2D eigenvalue weighted by Gasteiger charge is 2.37. The Hall–Kier alpha value is -3.27. The fraction of sp³-hybridized carbons (Fsp3) is 0.320. The first kappa shape index (κ1) is 23.9. The minimum Gasteiger partial charge on any atom is -0.497 e. The number of nitrogens with zero attached hydrogens (tertiary/aromatic N) is 2. The van der Waals surface area contributed by atoms with E-state index in [1.54, 1.807) is 29.7 Å². The van der Waals surface area contributed by atoms with E-state index in [1.807, 2.05) is 43.3 Å². The summed E-state index contributed by atoms with van der Waals surface area (Å²) >= 11 is 1.49. The van der Waals surface area contributed by atoms with Crippen molar-refractivity contribution in [1.82, 2.24) is 9.88 Å². The highest BCUT2D eigenvalue weighted by molar-refractivity contribution is 7.09. The number of aliphatic hydroxyl groups excluding tert-OH is 1. The molecule has 4 rings (SSSR count). The van der Waals surface area contributed by atoms with E-state index in [0.717, 1.165) is 27.4 Å². The zero-order valence-electron chi connectivity index (χ0n) is 19.1. The van der Waals surface area contributed by atoms with E-state index in [4.69, 9.17) is 9.47 Å². The van der Waals surface area contributed by atoms with Gasteiger partial charge in [-0.25, -0.2) is 4.98 Å². The largest absolute Gasteiger partial charge is 0.497 e. The fourth-order valence-corrected chi connectivity index (χ4v) is 4.72. The number of morpholine rings is 1. The van der Waals surface area contributed by atoms with Crippen molar-refractivity contribution < 1.29 is 24.2 Å². The highest BCUT2D eigenvalue weighted by atomic mass is 32.1. The summed E-state index contributed by atoms with van der Waals surface area (Å²) in [6, 6.07) is 14.1. The molecule has 2 heterocycles. The third-order valence-corrected chi connectivity index (χ3v) is 6.77. The molecule has 34 heavy (non-hydrogen) atoms. The Kier molecular flexibility index (Phi) is 7.56. The number of ether oxygens (including phenoxy) is 2. The molecule has 1 fully saturated rings. The van der Waals surface area contributed by atoms with Crippen LogP contribution in [0.15, 0.2) is 54.0 Å². The number of hydrogen-bond donors (Lipinski definition) is 2. The lowest BCUT2D eigenvalue weighted by Gasteiger charge is -2.40. The Bertz CT molecular complexity index is 1130. The van der Waals surface area contributed by atoms with Crippen LogP contribution in [0, 0.1) is 6.92 Å². The maximum atomic E-state index is 12.6. The Morgan fingerprint density at radius 2 is 1.97 bits per heavy atom. The summed E-state index contributed by atoms with van der Waals surface area (Å²) in [5.74, 6) is 0.454. The van der Waals surface area contributed by atoms with Gasteiger partial charge in [-0.15, -0.1) is 11.3 Å². The minimum atomic E-state index is -0.515. The maximum Gasteiger partial charge on any atom is 0.249 e. The summed E-state index contributed by atoms with van der Waals surface area (Å²) in [7, 11) is 1.60. The number of aliphatic hydroxyl groups is 1. The Labute approximate surface area is 202 Å². The average molecular weight is 482 g/mol. The van der Waals surface area contributed by atoms with E-state index >= 15 is 0 Å². The summed E-state index contributed by atoms with van der Waals surface area (Å²) in [6.07, 6.45) is -0.224. The number of hydrogen-bond acceptors (Lipinski definition) is 7. The van der Waals surface area contributed by atoms with E-state index in [1.165, 1.54) is 11.3 Å². The second-order valence-corrected chi connectivity index (χ2v) is 9.00. The number of methoxy groups -OCH3 is 1. The van der Waals surface area contributed by atoms with E-state index in [0.29, 0.717) is 12.2 Å². The molecule has 3 aromatic rings. The van der Waals surface area contributed by atoms with Crippen LogP contribution >= 0.6 is 11.3 Å². The van der Waals surface area contributed by atoms with Crippen LogP contribution in [-0.2, 0) is 27.3 Å². The van der Waals surface area contributed by atoms with Crippen molar-refractivity contribution in [2.45, 2.75) is 32.0 Å². The topological polar surface area (TPSA) is 101 Å². The minimum absolute atomic E-state index is 0.0562. The van der Waals surface area contributed by atoms with Gasteiger partial charge >= 0.3 is 0 Å². The van der Waals surface area contributed by atoms with Gasteiger partial charge in [-0.2, -0.15) is 0 Å². The average Bonchev–Trinajstić information content (AvgIpc) is 3.25. The molecule has 1 saturated heterocycles. The van der Waals surface area contributed by atoms with Crippen molar-refractivity contribution in [3.63, 3.8) is 0 Å². The lowest BCUT2D eigenvalue weighted by atomic mass is 9.99. The summed E-state index contributed by atoms with van der Waals surface area (Å²) in [4.78, 5) is 31.9. The van der Waals surface area contributed by atoms with Crippen LogP contribution in [-0.4, -0.2) is 53.2 Å². The van der Waals surface area contributed by atoms with E-state index in [-0.39, 0.29) is 31.4 Å². The number of nitrogens with one attached hydrogen (secondary N) is 1. The van der Waals surface area contributed by atoms with Crippen LogP contribution < -0.4 is 10.1 Å². The molecule has 0 unspecified atom stereocenters. The van der Waals surface area contributed by atoms with E-state index < -0.39 is 12.1 Å². The van der Waals surface area contributed by atoms with Gasteiger partial charge in [0, 0.05) is 10.6 Å². The van der Waals surface area contributed by atoms with E-state index in [2.05, 4.69) is 10.3 Å². The van der Waals surface area contributed by atoms with Crippen LogP contribution in [0.2, 0.25) is 0 Å². The number of thiazole rings is 1.